The van der Waals surface area contributed by atoms with E-state index in [1.54, 1.807) is 0 Å². The minimum atomic E-state index is 1.03. The van der Waals surface area contributed by atoms with Crippen LogP contribution in [-0.4, -0.2) is 26.4 Å². The van der Waals surface area contributed by atoms with Gasteiger partial charge >= 0.3 is 0 Å². The van der Waals surface area contributed by atoms with E-state index >= 15 is 0 Å². The molecule has 48 valence electrons. The first kappa shape index (κ1) is 7.63. The van der Waals surface area contributed by atoms with E-state index in [9.17, 15) is 0 Å². The maximum absolute atomic E-state index is 3.15. The van der Waals surface area contributed by atoms with Crippen LogP contribution >= 0.6 is 0 Å². The first-order chi connectivity index (χ1) is 3.91. The molecule has 2 nitrogen and oxygen atoms in total. The molecule has 0 atom stereocenters. The van der Waals surface area contributed by atoms with Crippen molar-refractivity contribution >= 4 is 6.21 Å². The molecule has 0 bridgehead atoms. The molecule has 0 aromatic carbocycles. The van der Waals surface area contributed by atoms with Crippen LogP contribution in [0.2, 0.25) is 0 Å². The zero-order valence-electron chi connectivity index (χ0n) is 5.70. The summed E-state index contributed by atoms with van der Waals surface area (Å²) in [5.41, 5.74) is 0. The molecule has 2 heteroatoms. The van der Waals surface area contributed by atoms with E-state index in [0.29, 0.717) is 0 Å². The highest BCUT2D eigenvalue weighted by Gasteiger charge is 1.79. The molecule has 0 heterocycles. The molecule has 0 aromatic rings. The van der Waals surface area contributed by atoms with E-state index in [4.69, 9.17) is 0 Å². The Morgan fingerprint density at radius 2 is 2.38 bits per heavy atom. The maximum Gasteiger partial charge on any atom is 0.152 e. The molecule has 0 saturated heterocycles. The fraction of sp³-hybridized carbons (Fsp3) is 0.833. The molecule has 8 heavy (non-hydrogen) atoms. The summed E-state index contributed by atoms with van der Waals surface area (Å²) in [4.78, 5) is 3.15. The largest absolute Gasteiger partial charge is 0.314 e. The fourth-order valence-corrected chi connectivity index (χ4v) is 0.444. The number of hydrogen-bond donors (Lipinski definition) is 2. The van der Waals surface area contributed by atoms with Crippen LogP contribution in [0.5, 0.6) is 0 Å². The highest BCUT2D eigenvalue weighted by Crippen LogP contribution is 1.52. The summed E-state index contributed by atoms with van der Waals surface area (Å²) in [7, 11) is 1.95. The standard InChI is InChI=1S/C6H14N2/c1-3-4-8-6-5-7-2/h4,7H,3,5-6H2,1-2H3/p+1. The minimum absolute atomic E-state index is 1.03. The molecular weight excluding hydrogens is 100 g/mol. The van der Waals surface area contributed by atoms with Gasteiger partial charge in [0, 0.05) is 6.42 Å². The normalized spacial score (nSPS) is 10.8. The van der Waals surface area contributed by atoms with Crippen molar-refractivity contribution in [2.24, 2.45) is 0 Å². The quantitative estimate of drug-likeness (QED) is 0.348. The van der Waals surface area contributed by atoms with Crippen LogP contribution in [0.25, 0.3) is 0 Å². The lowest BCUT2D eigenvalue weighted by Crippen LogP contribution is -2.70. The predicted octanol–water partition coefficient (Wildman–Crippen LogP) is -1.23. The summed E-state index contributed by atoms with van der Waals surface area (Å²) in [5.74, 6) is 0. The molecule has 0 fully saturated rings. The Labute approximate surface area is 51.0 Å². The summed E-state index contributed by atoms with van der Waals surface area (Å²) in [6.45, 7) is 4.19. The smallest absolute Gasteiger partial charge is 0.152 e. The number of rotatable bonds is 4. The molecule has 0 saturated carbocycles. The molecule has 0 amide bonds. The maximum atomic E-state index is 3.15. The van der Waals surface area contributed by atoms with Gasteiger partial charge in [-0.25, -0.2) is 0 Å². The van der Waals surface area contributed by atoms with Crippen molar-refractivity contribution in [1.29, 1.82) is 0 Å². The Balaban J connectivity index is 2.80. The average Bonchev–Trinajstić information content (AvgIpc) is 1.81. The fourth-order valence-electron chi connectivity index (χ4n) is 0.444. The third-order valence-electron chi connectivity index (χ3n) is 0.868. The van der Waals surface area contributed by atoms with Crippen molar-refractivity contribution in [3.8, 4) is 0 Å². The van der Waals surface area contributed by atoms with Gasteiger partial charge in [0.05, 0.1) is 6.54 Å². The van der Waals surface area contributed by atoms with Gasteiger partial charge in [-0.1, -0.05) is 6.92 Å². The van der Waals surface area contributed by atoms with E-state index in [0.717, 1.165) is 19.5 Å². The van der Waals surface area contributed by atoms with Gasteiger partial charge in [-0.2, -0.15) is 0 Å². The van der Waals surface area contributed by atoms with Gasteiger partial charge in [0.15, 0.2) is 6.54 Å². The molecule has 0 aliphatic rings. The van der Waals surface area contributed by atoms with Crippen LogP contribution in [0.4, 0.5) is 0 Å². The molecule has 0 spiro atoms. The second kappa shape index (κ2) is 6.63. The summed E-state index contributed by atoms with van der Waals surface area (Å²) in [6.07, 6.45) is 3.17. The molecule has 0 aliphatic carbocycles. The van der Waals surface area contributed by atoms with Crippen molar-refractivity contribution in [1.82, 2.24) is 5.32 Å². The number of hydrogen-bond acceptors (Lipinski definition) is 1. The van der Waals surface area contributed by atoms with Crippen molar-refractivity contribution in [3.63, 3.8) is 0 Å². The van der Waals surface area contributed by atoms with Crippen molar-refractivity contribution in [3.05, 3.63) is 0 Å². The summed E-state index contributed by atoms with van der Waals surface area (Å²) >= 11 is 0. The van der Waals surface area contributed by atoms with Crippen LogP contribution in [0.15, 0.2) is 0 Å². The molecule has 0 rings (SSSR count). The Kier molecular flexibility index (Phi) is 6.32. The lowest BCUT2D eigenvalue weighted by atomic mass is 10.5. The second-order valence-electron chi connectivity index (χ2n) is 1.67. The van der Waals surface area contributed by atoms with Gasteiger partial charge in [-0.05, 0) is 7.05 Å². The molecular formula is C6H15N2+. The van der Waals surface area contributed by atoms with Crippen LogP contribution in [0.1, 0.15) is 13.3 Å². The first-order valence-corrected chi connectivity index (χ1v) is 3.11. The highest BCUT2D eigenvalue weighted by atomic mass is 14.9. The zero-order valence-corrected chi connectivity index (χ0v) is 5.70. The minimum Gasteiger partial charge on any atom is -0.314 e. The predicted molar refractivity (Wildman–Crippen MR) is 36.1 cm³/mol. The van der Waals surface area contributed by atoms with E-state index in [1.165, 1.54) is 0 Å². The molecule has 0 unspecified atom stereocenters. The monoisotopic (exact) mass is 115 g/mol. The topological polar surface area (TPSA) is 26.0 Å². The van der Waals surface area contributed by atoms with Crippen molar-refractivity contribution in [2.75, 3.05) is 20.1 Å². The van der Waals surface area contributed by atoms with Crippen LogP contribution in [0.3, 0.4) is 0 Å². The number of nitrogens with one attached hydrogen (secondary N) is 2. The third kappa shape index (κ3) is 5.63. The van der Waals surface area contributed by atoms with Crippen LogP contribution in [0, 0.1) is 0 Å². The van der Waals surface area contributed by atoms with Gasteiger partial charge < -0.3 is 5.32 Å². The Bertz CT molecular complexity index is 59.5. The summed E-state index contributed by atoms with van der Waals surface area (Å²) < 4.78 is 0. The van der Waals surface area contributed by atoms with Gasteiger partial charge in [-0.15, -0.1) is 0 Å². The Morgan fingerprint density at radius 3 is 2.88 bits per heavy atom. The van der Waals surface area contributed by atoms with E-state index < -0.39 is 0 Å². The van der Waals surface area contributed by atoms with Gasteiger partial charge in [0.25, 0.3) is 0 Å². The summed E-state index contributed by atoms with van der Waals surface area (Å²) in [6, 6.07) is 0. The molecule has 0 aromatic heterocycles. The molecule has 0 radical (unpaired) electrons. The highest BCUT2D eigenvalue weighted by molar-refractivity contribution is 5.48. The van der Waals surface area contributed by atoms with Crippen molar-refractivity contribution < 1.29 is 4.99 Å². The van der Waals surface area contributed by atoms with Crippen LogP contribution in [-0.2, 0) is 0 Å². The summed E-state index contributed by atoms with van der Waals surface area (Å²) in [5, 5.41) is 3.04. The van der Waals surface area contributed by atoms with Crippen LogP contribution < -0.4 is 10.3 Å². The third-order valence-corrected chi connectivity index (χ3v) is 0.868. The van der Waals surface area contributed by atoms with Gasteiger partial charge in [0.2, 0.25) is 0 Å². The van der Waals surface area contributed by atoms with E-state index in [2.05, 4.69) is 23.4 Å². The Hall–Kier alpha value is -0.370. The lowest BCUT2D eigenvalue weighted by molar-refractivity contribution is -0.450. The van der Waals surface area contributed by atoms with Gasteiger partial charge in [-0.3, -0.25) is 4.99 Å². The van der Waals surface area contributed by atoms with Gasteiger partial charge in [0.1, 0.15) is 6.21 Å². The Morgan fingerprint density at radius 1 is 1.62 bits per heavy atom. The lowest BCUT2D eigenvalue weighted by Gasteiger charge is -1.84. The number of likely N-dealkylation sites (N-methyl/N-ethyl adjacent to an activating group) is 1. The second-order valence-corrected chi connectivity index (χ2v) is 1.67. The zero-order chi connectivity index (χ0) is 6.24. The molecule has 2 N–H and O–H groups in total. The molecule has 0 aliphatic heterocycles. The first-order valence-electron chi connectivity index (χ1n) is 3.11. The van der Waals surface area contributed by atoms with E-state index in [-0.39, 0.29) is 0 Å². The SMILES string of the molecule is CCC=[NH+]CCNC. The average molecular weight is 115 g/mol. The van der Waals surface area contributed by atoms with E-state index in [1.807, 2.05) is 7.05 Å². The van der Waals surface area contributed by atoms with Crippen molar-refractivity contribution in [2.45, 2.75) is 13.3 Å².